The van der Waals surface area contributed by atoms with Gasteiger partial charge in [0, 0.05) is 36.8 Å². The second-order valence-corrected chi connectivity index (χ2v) is 7.98. The van der Waals surface area contributed by atoms with E-state index in [1.165, 1.54) is 12.8 Å². The predicted octanol–water partition coefficient (Wildman–Crippen LogP) is 3.41. The molecule has 2 bridgehead atoms. The Hall–Kier alpha value is -2.04. The molecule has 1 aromatic carbocycles. The van der Waals surface area contributed by atoms with Crippen molar-refractivity contribution in [3.63, 3.8) is 0 Å². The Morgan fingerprint density at radius 2 is 1.54 bits per heavy atom. The molecule has 3 fully saturated rings. The number of benzene rings is 1. The Balaban J connectivity index is 1.41. The van der Waals surface area contributed by atoms with Crippen LogP contribution in [-0.2, 0) is 0 Å². The fourth-order valence-electron chi connectivity index (χ4n) is 4.92. The monoisotopic (exact) mass is 355 g/mol. The zero-order valence-corrected chi connectivity index (χ0v) is 15.4. The second kappa shape index (κ2) is 7.68. The van der Waals surface area contributed by atoms with E-state index in [-0.39, 0.29) is 30.1 Å². The summed E-state index contributed by atoms with van der Waals surface area (Å²) in [5.74, 6) is 0.00415. The molecule has 140 valence electrons. The Morgan fingerprint density at radius 1 is 0.885 bits per heavy atom. The maximum absolute atomic E-state index is 13.1. The summed E-state index contributed by atoms with van der Waals surface area (Å²) in [6.45, 7) is 1.81. The maximum atomic E-state index is 13.1. The van der Waals surface area contributed by atoms with Crippen LogP contribution in [0.4, 0.5) is 4.79 Å². The number of rotatable bonds is 2. The highest BCUT2D eigenvalue weighted by molar-refractivity contribution is 5.94. The lowest BCUT2D eigenvalue weighted by atomic mass is 9.81. The zero-order valence-electron chi connectivity index (χ0n) is 15.4. The molecule has 3 amide bonds. The summed E-state index contributed by atoms with van der Waals surface area (Å²) in [7, 11) is 0. The number of nitrogens with zero attached hydrogens (tertiary/aromatic N) is 2. The minimum Gasteiger partial charge on any atom is -0.349 e. The molecule has 0 radical (unpaired) electrons. The van der Waals surface area contributed by atoms with Gasteiger partial charge in [0.05, 0.1) is 0 Å². The minimum atomic E-state index is 0.00415. The average Bonchev–Trinajstić information content (AvgIpc) is 2.68. The molecule has 0 saturated carbocycles. The first-order chi connectivity index (χ1) is 12.7. The molecule has 3 heterocycles. The molecule has 26 heavy (non-hydrogen) atoms. The van der Waals surface area contributed by atoms with Crippen LogP contribution in [0.15, 0.2) is 30.3 Å². The molecule has 2 unspecified atom stereocenters. The number of piperidine rings is 3. The number of amides is 3. The lowest BCUT2D eigenvalue weighted by Gasteiger charge is -2.50. The van der Waals surface area contributed by atoms with Crippen LogP contribution in [-0.4, -0.2) is 53.0 Å². The second-order valence-electron chi connectivity index (χ2n) is 7.98. The highest BCUT2D eigenvalue weighted by Crippen LogP contribution is 2.35. The van der Waals surface area contributed by atoms with Crippen LogP contribution < -0.4 is 5.32 Å². The molecule has 4 rings (SSSR count). The van der Waals surface area contributed by atoms with Gasteiger partial charge in [0.25, 0.3) is 5.91 Å². The molecule has 1 N–H and O–H groups in total. The number of likely N-dealkylation sites (tertiary alicyclic amines) is 1. The average molecular weight is 355 g/mol. The summed E-state index contributed by atoms with van der Waals surface area (Å²) < 4.78 is 0. The number of carbonyl (C=O) groups excluding carboxylic acids is 2. The maximum Gasteiger partial charge on any atom is 0.320 e. The number of hydrogen-bond donors (Lipinski definition) is 1. The van der Waals surface area contributed by atoms with Crippen molar-refractivity contribution in [1.82, 2.24) is 15.1 Å². The number of hydrogen-bond acceptors (Lipinski definition) is 2. The van der Waals surface area contributed by atoms with Gasteiger partial charge in [-0.25, -0.2) is 4.79 Å². The van der Waals surface area contributed by atoms with Crippen LogP contribution >= 0.6 is 0 Å². The van der Waals surface area contributed by atoms with Gasteiger partial charge in [0.2, 0.25) is 0 Å². The molecule has 3 aliphatic heterocycles. The summed E-state index contributed by atoms with van der Waals surface area (Å²) in [4.78, 5) is 29.8. The Labute approximate surface area is 155 Å². The van der Waals surface area contributed by atoms with Gasteiger partial charge < -0.3 is 15.1 Å². The van der Waals surface area contributed by atoms with Crippen LogP contribution in [0.5, 0.6) is 0 Å². The van der Waals surface area contributed by atoms with E-state index >= 15 is 0 Å². The van der Waals surface area contributed by atoms with Gasteiger partial charge in [-0.1, -0.05) is 18.2 Å². The first kappa shape index (κ1) is 17.4. The van der Waals surface area contributed by atoms with Crippen LogP contribution in [0.2, 0.25) is 0 Å². The summed E-state index contributed by atoms with van der Waals surface area (Å²) >= 11 is 0. The predicted molar refractivity (Wildman–Crippen MR) is 101 cm³/mol. The SMILES string of the molecule is O=C(NC1CC2CCCC(C1)N2C(=O)N1CCCCC1)c1ccccc1. The molecular weight excluding hydrogens is 326 g/mol. The molecule has 2 atom stereocenters. The Morgan fingerprint density at radius 3 is 2.19 bits per heavy atom. The van der Waals surface area contributed by atoms with Crippen molar-refractivity contribution in [2.45, 2.75) is 69.5 Å². The topological polar surface area (TPSA) is 52.7 Å². The summed E-state index contributed by atoms with van der Waals surface area (Å²) in [6.07, 6.45) is 8.59. The molecule has 5 nitrogen and oxygen atoms in total. The van der Waals surface area contributed by atoms with Crippen molar-refractivity contribution in [2.24, 2.45) is 0 Å². The van der Waals surface area contributed by atoms with Gasteiger partial charge in [-0.3, -0.25) is 4.79 Å². The Bertz CT molecular complexity index is 628. The molecule has 3 saturated heterocycles. The molecule has 5 heteroatoms. The number of urea groups is 1. The lowest BCUT2D eigenvalue weighted by Crippen LogP contribution is -2.61. The smallest absolute Gasteiger partial charge is 0.320 e. The van der Waals surface area contributed by atoms with E-state index in [2.05, 4.69) is 15.1 Å². The fraction of sp³-hybridized carbons (Fsp3) is 0.619. The molecule has 1 aromatic rings. The first-order valence-electron chi connectivity index (χ1n) is 10.2. The van der Waals surface area contributed by atoms with Gasteiger partial charge in [0.15, 0.2) is 0 Å². The van der Waals surface area contributed by atoms with E-state index < -0.39 is 0 Å². The normalized spacial score (nSPS) is 28.5. The van der Waals surface area contributed by atoms with E-state index in [9.17, 15) is 9.59 Å². The lowest BCUT2D eigenvalue weighted by molar-refractivity contribution is 0.0340. The molecule has 0 spiro atoms. The van der Waals surface area contributed by atoms with E-state index in [1.54, 1.807) is 0 Å². The van der Waals surface area contributed by atoms with E-state index in [4.69, 9.17) is 0 Å². The van der Waals surface area contributed by atoms with Crippen LogP contribution in [0.1, 0.15) is 61.7 Å². The van der Waals surface area contributed by atoms with E-state index in [0.717, 1.165) is 51.6 Å². The number of carbonyl (C=O) groups is 2. The zero-order chi connectivity index (χ0) is 17.9. The van der Waals surface area contributed by atoms with Crippen molar-refractivity contribution in [3.8, 4) is 0 Å². The highest BCUT2D eigenvalue weighted by atomic mass is 16.2. The summed E-state index contributed by atoms with van der Waals surface area (Å²) in [5.41, 5.74) is 0.712. The van der Waals surface area contributed by atoms with Gasteiger partial charge in [-0.2, -0.15) is 0 Å². The van der Waals surface area contributed by atoms with Crippen molar-refractivity contribution in [1.29, 1.82) is 0 Å². The standard InChI is InChI=1S/C21H29N3O2/c25-20(16-8-3-1-4-9-16)22-17-14-18-10-7-11-19(15-17)24(18)21(26)23-12-5-2-6-13-23/h1,3-4,8-9,17-19H,2,5-7,10-15H2,(H,22,25). The third-order valence-corrected chi connectivity index (χ3v) is 6.19. The third kappa shape index (κ3) is 3.57. The Kier molecular flexibility index (Phi) is 5.14. The molecule has 3 aliphatic rings. The minimum absolute atomic E-state index is 0.00415. The molecule has 0 aromatic heterocycles. The quantitative estimate of drug-likeness (QED) is 0.884. The van der Waals surface area contributed by atoms with Crippen LogP contribution in [0.3, 0.4) is 0 Å². The highest BCUT2D eigenvalue weighted by Gasteiger charge is 2.42. The summed E-state index contributed by atoms with van der Waals surface area (Å²) in [6, 6.07) is 10.4. The van der Waals surface area contributed by atoms with Crippen molar-refractivity contribution >= 4 is 11.9 Å². The summed E-state index contributed by atoms with van der Waals surface area (Å²) in [5, 5.41) is 3.21. The van der Waals surface area contributed by atoms with Crippen molar-refractivity contribution < 1.29 is 9.59 Å². The van der Waals surface area contributed by atoms with E-state index in [0.29, 0.717) is 5.56 Å². The van der Waals surface area contributed by atoms with Crippen LogP contribution in [0.25, 0.3) is 0 Å². The molecule has 0 aliphatic carbocycles. The van der Waals surface area contributed by atoms with Crippen molar-refractivity contribution in [2.75, 3.05) is 13.1 Å². The van der Waals surface area contributed by atoms with Crippen molar-refractivity contribution in [3.05, 3.63) is 35.9 Å². The third-order valence-electron chi connectivity index (χ3n) is 6.19. The number of fused-ring (bicyclic) bond motifs is 2. The van der Waals surface area contributed by atoms with Gasteiger partial charge in [0.1, 0.15) is 0 Å². The largest absolute Gasteiger partial charge is 0.349 e. The first-order valence-corrected chi connectivity index (χ1v) is 10.2. The van der Waals surface area contributed by atoms with Gasteiger partial charge in [-0.15, -0.1) is 0 Å². The van der Waals surface area contributed by atoms with Crippen LogP contribution in [0, 0.1) is 0 Å². The van der Waals surface area contributed by atoms with E-state index in [1.807, 2.05) is 30.3 Å². The number of nitrogens with one attached hydrogen (secondary N) is 1. The molecular formula is C21H29N3O2. The van der Waals surface area contributed by atoms with Gasteiger partial charge >= 0.3 is 6.03 Å². The van der Waals surface area contributed by atoms with Gasteiger partial charge in [-0.05, 0) is 63.5 Å². The fourth-order valence-corrected chi connectivity index (χ4v) is 4.92.